The summed E-state index contributed by atoms with van der Waals surface area (Å²) in [7, 11) is 0. The molecule has 2 amide bonds. The van der Waals surface area contributed by atoms with E-state index in [0.717, 1.165) is 30.6 Å². The van der Waals surface area contributed by atoms with Gasteiger partial charge in [-0.3, -0.25) is 15.0 Å². The van der Waals surface area contributed by atoms with Crippen molar-refractivity contribution in [2.75, 3.05) is 37.6 Å². The summed E-state index contributed by atoms with van der Waals surface area (Å²) in [6.07, 6.45) is 2.41. The highest BCUT2D eigenvalue weighted by atomic mass is 35.5. The first-order chi connectivity index (χ1) is 16.5. The van der Waals surface area contributed by atoms with E-state index in [2.05, 4.69) is 21.1 Å². The molecule has 3 atom stereocenters. The molecule has 3 unspecified atom stereocenters. The first kappa shape index (κ1) is 23.1. The monoisotopic (exact) mass is 485 g/mol. The number of piperidine rings is 1. The second kappa shape index (κ2) is 9.90. The third-order valence-electron chi connectivity index (χ3n) is 7.13. The molecule has 0 spiro atoms. The lowest BCUT2D eigenvalue weighted by Gasteiger charge is -2.41. The van der Waals surface area contributed by atoms with Crippen LogP contribution in [-0.4, -0.2) is 61.5 Å². The number of anilines is 1. The number of nitrogens with zero attached hydrogens (tertiary/aromatic N) is 2. The summed E-state index contributed by atoms with van der Waals surface area (Å²) >= 11 is 6.32. The fourth-order valence-corrected chi connectivity index (χ4v) is 5.56. The van der Waals surface area contributed by atoms with E-state index in [1.54, 1.807) is 17.0 Å². The maximum absolute atomic E-state index is 14.7. The van der Waals surface area contributed by atoms with E-state index in [1.807, 2.05) is 24.3 Å². The van der Waals surface area contributed by atoms with Gasteiger partial charge in [-0.1, -0.05) is 29.8 Å². The Morgan fingerprint density at radius 1 is 1.12 bits per heavy atom. The highest BCUT2D eigenvalue weighted by molar-refractivity contribution is 6.33. The largest absolute Gasteiger partial charge is 0.367 e. The average molecular weight is 486 g/mol. The van der Waals surface area contributed by atoms with Crippen LogP contribution in [0.5, 0.6) is 0 Å². The van der Waals surface area contributed by atoms with Crippen molar-refractivity contribution in [1.82, 2.24) is 21.1 Å². The van der Waals surface area contributed by atoms with E-state index in [-0.39, 0.29) is 35.4 Å². The number of carbonyl (C=O) groups excluding carboxylic acids is 2. The van der Waals surface area contributed by atoms with Crippen LogP contribution in [0, 0.1) is 11.7 Å². The number of nitrogens with one attached hydrogen (secondary N) is 3. The van der Waals surface area contributed by atoms with Gasteiger partial charge in [-0.05, 0) is 55.6 Å². The summed E-state index contributed by atoms with van der Waals surface area (Å²) in [5, 5.41) is 4.14. The van der Waals surface area contributed by atoms with Crippen molar-refractivity contribution in [2.24, 2.45) is 5.92 Å². The number of rotatable bonds is 4. The second-order valence-corrected chi connectivity index (χ2v) is 9.62. The Hall–Kier alpha value is -2.68. The molecule has 9 heteroatoms. The fourth-order valence-electron chi connectivity index (χ4n) is 5.30. The van der Waals surface area contributed by atoms with Gasteiger partial charge in [0.1, 0.15) is 5.82 Å². The molecule has 0 aliphatic carbocycles. The standard InChI is InChI=1S/C25H29ClFN5O2/c26-19-5-1-2-6-22(19)31-10-12-32(13-11-31)25(34)18-14-16(7-8-20(18)27)15-21-23-17(4-3-9-28-23)24(33)30-29-21/h1-2,5-8,14,17,21,23,28-29H,3-4,9-13,15H2,(H,30,33). The maximum atomic E-state index is 14.7. The van der Waals surface area contributed by atoms with Crippen molar-refractivity contribution in [1.29, 1.82) is 0 Å². The summed E-state index contributed by atoms with van der Waals surface area (Å²) in [6.45, 7) is 3.14. The van der Waals surface area contributed by atoms with Gasteiger partial charge in [-0.15, -0.1) is 0 Å². The quantitative estimate of drug-likeness (QED) is 0.620. The lowest BCUT2D eigenvalue weighted by Crippen LogP contribution is -2.67. The van der Waals surface area contributed by atoms with E-state index in [4.69, 9.17) is 11.6 Å². The number of carbonyl (C=O) groups is 2. The summed E-state index contributed by atoms with van der Waals surface area (Å²) in [5.74, 6) is -0.868. The predicted octanol–water partition coefficient (Wildman–Crippen LogP) is 2.36. The number of amides is 2. The first-order valence-corrected chi connectivity index (χ1v) is 12.2. The molecule has 180 valence electrons. The van der Waals surface area contributed by atoms with Crippen LogP contribution in [0.25, 0.3) is 0 Å². The highest BCUT2D eigenvalue weighted by Gasteiger charge is 2.40. The molecular weight excluding hydrogens is 457 g/mol. The van der Waals surface area contributed by atoms with E-state index in [1.165, 1.54) is 6.07 Å². The topological polar surface area (TPSA) is 76.7 Å². The minimum atomic E-state index is -0.513. The van der Waals surface area contributed by atoms with E-state index >= 15 is 0 Å². The van der Waals surface area contributed by atoms with Crippen LogP contribution < -0.4 is 21.1 Å². The molecule has 2 aromatic carbocycles. The second-order valence-electron chi connectivity index (χ2n) is 9.22. The zero-order chi connectivity index (χ0) is 23.7. The van der Waals surface area contributed by atoms with Gasteiger partial charge in [0.15, 0.2) is 0 Å². The third kappa shape index (κ3) is 4.62. The van der Waals surface area contributed by atoms with E-state index in [9.17, 15) is 14.0 Å². The number of fused-ring (bicyclic) bond motifs is 1. The summed E-state index contributed by atoms with van der Waals surface area (Å²) in [4.78, 5) is 29.3. The summed E-state index contributed by atoms with van der Waals surface area (Å²) in [6, 6.07) is 12.4. The molecule has 0 aromatic heterocycles. The van der Waals surface area contributed by atoms with E-state index < -0.39 is 5.82 Å². The molecule has 3 aliphatic rings. The van der Waals surface area contributed by atoms with E-state index in [0.29, 0.717) is 37.6 Å². The molecule has 3 saturated heterocycles. The summed E-state index contributed by atoms with van der Waals surface area (Å²) in [5.41, 5.74) is 7.79. The van der Waals surface area contributed by atoms with Crippen LogP contribution in [0.15, 0.2) is 42.5 Å². The molecule has 5 rings (SSSR count). The van der Waals surface area contributed by atoms with Gasteiger partial charge in [-0.25, -0.2) is 9.82 Å². The van der Waals surface area contributed by atoms with Crippen molar-refractivity contribution in [3.8, 4) is 0 Å². The zero-order valence-corrected chi connectivity index (χ0v) is 19.7. The van der Waals surface area contributed by atoms with Crippen LogP contribution in [0.1, 0.15) is 28.8 Å². The molecule has 0 bridgehead atoms. The molecule has 7 nitrogen and oxygen atoms in total. The number of halogens is 2. The Balaban J connectivity index is 1.26. The number of piperazine rings is 1. The third-order valence-corrected chi connectivity index (χ3v) is 7.45. The predicted molar refractivity (Wildman–Crippen MR) is 129 cm³/mol. The number of para-hydroxylation sites is 1. The number of benzene rings is 2. The maximum Gasteiger partial charge on any atom is 0.256 e. The minimum Gasteiger partial charge on any atom is -0.367 e. The highest BCUT2D eigenvalue weighted by Crippen LogP contribution is 2.27. The van der Waals surface area contributed by atoms with Crippen molar-refractivity contribution in [3.63, 3.8) is 0 Å². The van der Waals surface area contributed by atoms with Gasteiger partial charge < -0.3 is 15.1 Å². The molecule has 3 N–H and O–H groups in total. The van der Waals surface area contributed by atoms with Gasteiger partial charge in [0, 0.05) is 38.3 Å². The number of hydrogen-bond acceptors (Lipinski definition) is 5. The molecule has 0 radical (unpaired) electrons. The van der Waals surface area contributed by atoms with Gasteiger partial charge in [-0.2, -0.15) is 0 Å². The van der Waals surface area contributed by atoms with Crippen LogP contribution in [0.2, 0.25) is 5.02 Å². The molecule has 2 aromatic rings. The van der Waals surface area contributed by atoms with Crippen LogP contribution in [0.4, 0.5) is 10.1 Å². The SMILES string of the molecule is O=C1NNC(Cc2ccc(F)c(C(=O)N3CCN(c4ccccc4Cl)CC3)c2)C2NCCCC12. The molecular formula is C25H29ClFN5O2. The van der Waals surface area contributed by atoms with Crippen molar-refractivity contribution < 1.29 is 14.0 Å². The van der Waals surface area contributed by atoms with Crippen molar-refractivity contribution in [3.05, 3.63) is 64.4 Å². The van der Waals surface area contributed by atoms with Crippen LogP contribution in [0.3, 0.4) is 0 Å². The molecule has 3 fully saturated rings. The lowest BCUT2D eigenvalue weighted by atomic mass is 9.82. The molecule has 3 heterocycles. The number of hydrogen-bond donors (Lipinski definition) is 3. The lowest BCUT2D eigenvalue weighted by molar-refractivity contribution is -0.131. The van der Waals surface area contributed by atoms with Crippen LogP contribution in [-0.2, 0) is 11.2 Å². The Labute approximate surface area is 203 Å². The Kier molecular flexibility index (Phi) is 6.72. The molecule has 3 aliphatic heterocycles. The fraction of sp³-hybridized carbons (Fsp3) is 0.440. The number of hydrazine groups is 1. The normalized spacial score (nSPS) is 25.0. The van der Waals surface area contributed by atoms with Gasteiger partial charge >= 0.3 is 0 Å². The van der Waals surface area contributed by atoms with Gasteiger partial charge in [0.05, 0.1) is 22.2 Å². The molecule has 0 saturated carbocycles. The van der Waals surface area contributed by atoms with Crippen molar-refractivity contribution in [2.45, 2.75) is 31.3 Å². The first-order valence-electron chi connectivity index (χ1n) is 11.9. The Morgan fingerprint density at radius 2 is 1.91 bits per heavy atom. The Bertz CT molecular complexity index is 1080. The zero-order valence-electron chi connectivity index (χ0n) is 18.9. The summed E-state index contributed by atoms with van der Waals surface area (Å²) < 4.78 is 14.7. The minimum absolute atomic E-state index is 0.0133. The van der Waals surface area contributed by atoms with Gasteiger partial charge in [0.25, 0.3) is 5.91 Å². The van der Waals surface area contributed by atoms with Crippen molar-refractivity contribution >= 4 is 29.1 Å². The average Bonchev–Trinajstić information content (AvgIpc) is 2.87. The van der Waals surface area contributed by atoms with Crippen LogP contribution >= 0.6 is 11.6 Å². The Morgan fingerprint density at radius 3 is 2.71 bits per heavy atom. The van der Waals surface area contributed by atoms with Gasteiger partial charge in [0.2, 0.25) is 5.91 Å². The smallest absolute Gasteiger partial charge is 0.256 e. The molecule has 34 heavy (non-hydrogen) atoms.